The first-order valence-corrected chi connectivity index (χ1v) is 5.79. The quantitative estimate of drug-likeness (QED) is 0.785. The molecule has 0 aliphatic rings. The maximum absolute atomic E-state index is 11.8. The summed E-state index contributed by atoms with van der Waals surface area (Å²) in [6, 6.07) is 1.90. The number of Topliss-reactive ketones (excluding diaryl/α,β-unsaturated/α-hetero) is 1. The SMILES string of the molecule is CC(CC(=O)Cc1ccn(C)n1)C(C)(C)C. The van der Waals surface area contributed by atoms with Crippen molar-refractivity contribution in [3.05, 3.63) is 18.0 Å². The molecule has 0 aliphatic heterocycles. The lowest BCUT2D eigenvalue weighted by molar-refractivity contribution is -0.120. The molecule has 1 unspecified atom stereocenters. The molecule has 0 aliphatic carbocycles. The summed E-state index contributed by atoms with van der Waals surface area (Å²) < 4.78 is 1.73. The number of nitrogens with zero attached hydrogens (tertiary/aromatic N) is 2. The van der Waals surface area contributed by atoms with Gasteiger partial charge in [-0.05, 0) is 17.4 Å². The number of carbonyl (C=O) groups is 1. The van der Waals surface area contributed by atoms with Crippen LogP contribution in [0.2, 0.25) is 0 Å². The van der Waals surface area contributed by atoms with Crippen molar-refractivity contribution < 1.29 is 4.79 Å². The molecule has 3 heteroatoms. The van der Waals surface area contributed by atoms with Crippen LogP contribution in [0.1, 0.15) is 39.8 Å². The van der Waals surface area contributed by atoms with E-state index in [1.807, 2.05) is 19.3 Å². The van der Waals surface area contributed by atoms with E-state index in [-0.39, 0.29) is 11.2 Å². The van der Waals surface area contributed by atoms with Crippen molar-refractivity contribution in [1.82, 2.24) is 9.78 Å². The summed E-state index contributed by atoms with van der Waals surface area (Å²) in [5.74, 6) is 0.685. The largest absolute Gasteiger partial charge is 0.299 e. The first kappa shape index (κ1) is 12.9. The molecule has 1 rings (SSSR count). The van der Waals surface area contributed by atoms with Crippen molar-refractivity contribution in [2.45, 2.75) is 40.5 Å². The summed E-state index contributed by atoms with van der Waals surface area (Å²) in [5.41, 5.74) is 1.06. The number of rotatable bonds is 4. The van der Waals surface area contributed by atoms with Gasteiger partial charge >= 0.3 is 0 Å². The summed E-state index contributed by atoms with van der Waals surface area (Å²) in [7, 11) is 1.87. The second-order valence-corrected chi connectivity index (χ2v) is 5.67. The van der Waals surface area contributed by atoms with Crippen LogP contribution in [0.4, 0.5) is 0 Å². The van der Waals surface area contributed by atoms with Gasteiger partial charge in [0.05, 0.1) is 12.1 Å². The third-order valence-corrected chi connectivity index (χ3v) is 3.16. The van der Waals surface area contributed by atoms with Crippen LogP contribution in [-0.2, 0) is 18.3 Å². The van der Waals surface area contributed by atoms with Crippen LogP contribution in [0.5, 0.6) is 0 Å². The standard InChI is InChI=1S/C13H22N2O/c1-10(13(2,3)4)8-12(16)9-11-6-7-15(5)14-11/h6-7,10H,8-9H2,1-5H3. The number of hydrogen-bond donors (Lipinski definition) is 0. The molecule has 0 saturated carbocycles. The summed E-state index contributed by atoms with van der Waals surface area (Å²) in [5, 5.41) is 4.22. The van der Waals surface area contributed by atoms with Crippen molar-refractivity contribution in [3.8, 4) is 0 Å². The minimum Gasteiger partial charge on any atom is -0.299 e. The van der Waals surface area contributed by atoms with Crippen molar-refractivity contribution in [1.29, 1.82) is 0 Å². The van der Waals surface area contributed by atoms with Crippen LogP contribution in [0, 0.1) is 11.3 Å². The van der Waals surface area contributed by atoms with Gasteiger partial charge in [-0.25, -0.2) is 0 Å². The lowest BCUT2D eigenvalue weighted by atomic mass is 9.79. The van der Waals surface area contributed by atoms with Gasteiger partial charge in [-0.1, -0.05) is 27.7 Å². The fourth-order valence-corrected chi connectivity index (χ4v) is 1.48. The van der Waals surface area contributed by atoms with Gasteiger partial charge in [-0.2, -0.15) is 5.10 Å². The highest BCUT2D eigenvalue weighted by molar-refractivity contribution is 5.80. The van der Waals surface area contributed by atoms with Crippen molar-refractivity contribution in [3.63, 3.8) is 0 Å². The highest BCUT2D eigenvalue weighted by Gasteiger charge is 2.22. The van der Waals surface area contributed by atoms with Gasteiger partial charge in [-0.15, -0.1) is 0 Å². The number of carbonyl (C=O) groups excluding carboxylic acids is 1. The molecule has 0 spiro atoms. The summed E-state index contributed by atoms with van der Waals surface area (Å²) in [6.45, 7) is 8.65. The molecule has 1 aromatic rings. The van der Waals surface area contributed by atoms with E-state index < -0.39 is 0 Å². The van der Waals surface area contributed by atoms with Gasteiger partial charge in [0.15, 0.2) is 0 Å². The highest BCUT2D eigenvalue weighted by Crippen LogP contribution is 2.28. The third kappa shape index (κ3) is 3.80. The second kappa shape index (κ2) is 4.81. The average molecular weight is 222 g/mol. The molecule has 0 fully saturated rings. The minimum atomic E-state index is 0.194. The van der Waals surface area contributed by atoms with Crippen LogP contribution in [0.25, 0.3) is 0 Å². The Balaban J connectivity index is 2.48. The fraction of sp³-hybridized carbons (Fsp3) is 0.692. The number of ketones is 1. The fourth-order valence-electron chi connectivity index (χ4n) is 1.48. The first-order chi connectivity index (χ1) is 7.29. The second-order valence-electron chi connectivity index (χ2n) is 5.67. The zero-order chi connectivity index (χ0) is 12.3. The molecule has 0 bridgehead atoms. The Morgan fingerprint density at radius 1 is 1.50 bits per heavy atom. The lowest BCUT2D eigenvalue weighted by Gasteiger charge is -2.26. The van der Waals surface area contributed by atoms with E-state index in [9.17, 15) is 4.79 Å². The van der Waals surface area contributed by atoms with Gasteiger partial charge in [-0.3, -0.25) is 9.48 Å². The molecule has 16 heavy (non-hydrogen) atoms. The molecule has 1 heterocycles. The highest BCUT2D eigenvalue weighted by atomic mass is 16.1. The Morgan fingerprint density at radius 2 is 2.12 bits per heavy atom. The number of aromatic nitrogens is 2. The molecule has 0 amide bonds. The van der Waals surface area contributed by atoms with E-state index in [2.05, 4.69) is 32.8 Å². The van der Waals surface area contributed by atoms with Gasteiger partial charge in [0.2, 0.25) is 0 Å². The van der Waals surface area contributed by atoms with E-state index >= 15 is 0 Å². The normalized spacial score (nSPS) is 13.8. The Bertz CT molecular complexity index is 360. The Labute approximate surface area is 97.8 Å². The lowest BCUT2D eigenvalue weighted by Crippen LogP contribution is -2.21. The Hall–Kier alpha value is -1.12. The molecule has 1 atom stereocenters. The summed E-state index contributed by atoms with van der Waals surface area (Å²) in [4.78, 5) is 11.8. The molecule has 90 valence electrons. The predicted octanol–water partition coefficient (Wildman–Crippen LogP) is 2.60. The summed E-state index contributed by atoms with van der Waals surface area (Å²) in [6.07, 6.45) is 2.97. The average Bonchev–Trinajstić information content (AvgIpc) is 2.49. The molecule has 0 N–H and O–H groups in total. The summed E-state index contributed by atoms with van der Waals surface area (Å²) >= 11 is 0. The van der Waals surface area contributed by atoms with Crippen molar-refractivity contribution in [2.24, 2.45) is 18.4 Å². The topological polar surface area (TPSA) is 34.9 Å². The first-order valence-electron chi connectivity index (χ1n) is 5.79. The van der Waals surface area contributed by atoms with E-state index in [4.69, 9.17) is 0 Å². The van der Waals surface area contributed by atoms with Gasteiger partial charge in [0.25, 0.3) is 0 Å². The third-order valence-electron chi connectivity index (χ3n) is 3.16. The molecule has 0 radical (unpaired) electrons. The maximum Gasteiger partial charge on any atom is 0.139 e. The molecule has 0 saturated heterocycles. The minimum absolute atomic E-state index is 0.194. The Morgan fingerprint density at radius 3 is 2.56 bits per heavy atom. The monoisotopic (exact) mass is 222 g/mol. The van der Waals surface area contributed by atoms with E-state index in [0.717, 1.165) is 5.69 Å². The zero-order valence-electron chi connectivity index (χ0n) is 10.9. The van der Waals surface area contributed by atoms with E-state index in [1.54, 1.807) is 4.68 Å². The van der Waals surface area contributed by atoms with E-state index in [0.29, 0.717) is 18.8 Å². The van der Waals surface area contributed by atoms with E-state index in [1.165, 1.54) is 0 Å². The van der Waals surface area contributed by atoms with Crippen molar-refractivity contribution in [2.75, 3.05) is 0 Å². The molecule has 0 aromatic carbocycles. The van der Waals surface area contributed by atoms with Crippen LogP contribution in [0.3, 0.4) is 0 Å². The van der Waals surface area contributed by atoms with Crippen molar-refractivity contribution >= 4 is 5.78 Å². The van der Waals surface area contributed by atoms with Gasteiger partial charge in [0, 0.05) is 19.7 Å². The zero-order valence-corrected chi connectivity index (χ0v) is 10.9. The smallest absolute Gasteiger partial charge is 0.139 e. The van der Waals surface area contributed by atoms with Crippen LogP contribution >= 0.6 is 0 Å². The molecular formula is C13H22N2O. The predicted molar refractivity (Wildman–Crippen MR) is 65.2 cm³/mol. The van der Waals surface area contributed by atoms with Crippen LogP contribution in [-0.4, -0.2) is 15.6 Å². The molecule has 3 nitrogen and oxygen atoms in total. The maximum atomic E-state index is 11.8. The van der Waals surface area contributed by atoms with Crippen LogP contribution < -0.4 is 0 Å². The van der Waals surface area contributed by atoms with Crippen LogP contribution in [0.15, 0.2) is 12.3 Å². The molecular weight excluding hydrogens is 200 g/mol. The number of aryl methyl sites for hydroxylation is 1. The Kier molecular flexibility index (Phi) is 3.89. The number of hydrogen-bond acceptors (Lipinski definition) is 2. The van der Waals surface area contributed by atoms with Gasteiger partial charge in [0.1, 0.15) is 5.78 Å². The molecule has 1 aromatic heterocycles. The van der Waals surface area contributed by atoms with Gasteiger partial charge < -0.3 is 0 Å².